The highest BCUT2D eigenvalue weighted by Crippen LogP contribution is 2.36. The van der Waals surface area contributed by atoms with Crippen LogP contribution in [-0.2, 0) is 4.79 Å². The van der Waals surface area contributed by atoms with Crippen molar-refractivity contribution in [3.63, 3.8) is 0 Å². The molecule has 0 aliphatic heterocycles. The van der Waals surface area contributed by atoms with Crippen LogP contribution >= 0.6 is 0 Å². The summed E-state index contributed by atoms with van der Waals surface area (Å²) in [6.07, 6.45) is 0. The number of rotatable bonds is 3. The van der Waals surface area contributed by atoms with E-state index < -0.39 is 12.0 Å². The van der Waals surface area contributed by atoms with E-state index in [1.54, 1.807) is 0 Å². The van der Waals surface area contributed by atoms with E-state index in [-0.39, 0.29) is 11.3 Å². The molecule has 3 nitrogen and oxygen atoms in total. The molecule has 0 fully saturated rings. The molecule has 1 unspecified atom stereocenters. The van der Waals surface area contributed by atoms with Gasteiger partial charge in [-0.15, -0.1) is 0 Å². The number of hydrogen-bond acceptors (Lipinski definition) is 2. The smallest absolute Gasteiger partial charge is 0.321 e. The maximum atomic E-state index is 11.0. The fraction of sp³-hybridized carbons (Fsp3) is 0.462. The first kappa shape index (κ1) is 12.7. The molecule has 1 aromatic carbocycles. The molecule has 0 aliphatic rings. The van der Waals surface area contributed by atoms with Gasteiger partial charge in [-0.3, -0.25) is 4.79 Å². The highest BCUT2D eigenvalue weighted by atomic mass is 16.4. The summed E-state index contributed by atoms with van der Waals surface area (Å²) in [5.41, 5.74) is 6.57. The maximum absolute atomic E-state index is 11.0. The zero-order valence-electron chi connectivity index (χ0n) is 9.97. The molecule has 0 radical (unpaired) electrons. The molecule has 3 N–H and O–H groups in total. The average Bonchev–Trinajstić information content (AvgIpc) is 2.17. The predicted molar refractivity (Wildman–Crippen MR) is 64.2 cm³/mol. The second-order valence-electron chi connectivity index (χ2n) is 5.12. The molecule has 0 amide bonds. The summed E-state index contributed by atoms with van der Waals surface area (Å²) < 4.78 is 0. The number of benzene rings is 1. The third-order valence-corrected chi connectivity index (χ3v) is 2.74. The van der Waals surface area contributed by atoms with Gasteiger partial charge >= 0.3 is 5.97 Å². The Kier molecular flexibility index (Phi) is 3.70. The van der Waals surface area contributed by atoms with Crippen molar-refractivity contribution in [1.82, 2.24) is 0 Å². The summed E-state index contributed by atoms with van der Waals surface area (Å²) in [5, 5.41) is 9.05. The normalized spacial score (nSPS) is 15.5. The van der Waals surface area contributed by atoms with Crippen molar-refractivity contribution >= 4 is 5.97 Å². The van der Waals surface area contributed by atoms with Gasteiger partial charge < -0.3 is 10.8 Å². The van der Waals surface area contributed by atoms with E-state index in [0.29, 0.717) is 0 Å². The molecule has 3 heteroatoms. The quantitative estimate of drug-likeness (QED) is 0.822. The molecule has 0 spiro atoms. The Morgan fingerprint density at radius 3 is 2.12 bits per heavy atom. The van der Waals surface area contributed by atoms with Crippen LogP contribution < -0.4 is 5.73 Å². The molecule has 0 aliphatic carbocycles. The van der Waals surface area contributed by atoms with Gasteiger partial charge in [0.25, 0.3) is 0 Å². The molecule has 1 rings (SSSR count). The maximum Gasteiger partial charge on any atom is 0.321 e. The van der Waals surface area contributed by atoms with Crippen LogP contribution in [0.15, 0.2) is 30.3 Å². The first-order chi connectivity index (χ1) is 7.34. The fourth-order valence-electron chi connectivity index (χ4n) is 2.05. The van der Waals surface area contributed by atoms with Gasteiger partial charge in [-0.1, -0.05) is 51.1 Å². The highest BCUT2D eigenvalue weighted by molar-refractivity contribution is 5.74. The number of aliphatic carboxylic acids is 1. The molecule has 1 aromatic rings. The van der Waals surface area contributed by atoms with Gasteiger partial charge in [-0.25, -0.2) is 0 Å². The minimum atomic E-state index is -0.955. The number of nitrogens with two attached hydrogens (primary N) is 1. The Bertz CT molecular complexity index is 354. The third-order valence-electron chi connectivity index (χ3n) is 2.74. The molecule has 2 atom stereocenters. The van der Waals surface area contributed by atoms with Gasteiger partial charge in [0, 0.05) is 5.92 Å². The van der Waals surface area contributed by atoms with Crippen LogP contribution in [0.5, 0.6) is 0 Å². The van der Waals surface area contributed by atoms with Crippen molar-refractivity contribution in [2.45, 2.75) is 32.7 Å². The topological polar surface area (TPSA) is 63.3 Å². The fourth-order valence-corrected chi connectivity index (χ4v) is 2.05. The lowest BCUT2D eigenvalue weighted by Crippen LogP contribution is -2.42. The van der Waals surface area contributed by atoms with Gasteiger partial charge in [-0.05, 0) is 11.0 Å². The predicted octanol–water partition coefficient (Wildman–Crippen LogP) is 2.23. The average molecular weight is 221 g/mol. The van der Waals surface area contributed by atoms with Crippen LogP contribution in [-0.4, -0.2) is 17.1 Å². The highest BCUT2D eigenvalue weighted by Gasteiger charge is 2.35. The minimum absolute atomic E-state index is 0.181. The van der Waals surface area contributed by atoms with Crippen LogP contribution in [0.2, 0.25) is 0 Å². The van der Waals surface area contributed by atoms with Crippen molar-refractivity contribution in [3.05, 3.63) is 35.9 Å². The van der Waals surface area contributed by atoms with E-state index in [1.807, 2.05) is 51.1 Å². The lowest BCUT2D eigenvalue weighted by atomic mass is 9.72. The molecule has 0 saturated heterocycles. The SMILES string of the molecule is CC(C)(C)C(c1ccccc1)[C@H](N)C(=O)O. The summed E-state index contributed by atoms with van der Waals surface area (Å²) in [4.78, 5) is 11.0. The lowest BCUT2D eigenvalue weighted by Gasteiger charge is -2.33. The molecule has 16 heavy (non-hydrogen) atoms. The first-order valence-electron chi connectivity index (χ1n) is 5.37. The number of carboxylic acid groups (broad SMARTS) is 1. The van der Waals surface area contributed by atoms with Gasteiger partial charge in [0.05, 0.1) is 0 Å². The van der Waals surface area contributed by atoms with Gasteiger partial charge in [-0.2, -0.15) is 0 Å². The van der Waals surface area contributed by atoms with Crippen molar-refractivity contribution in [1.29, 1.82) is 0 Å². The second-order valence-corrected chi connectivity index (χ2v) is 5.12. The van der Waals surface area contributed by atoms with E-state index in [9.17, 15) is 4.79 Å². The van der Waals surface area contributed by atoms with Gasteiger partial charge in [0.15, 0.2) is 0 Å². The Morgan fingerprint density at radius 1 is 1.25 bits per heavy atom. The van der Waals surface area contributed by atoms with E-state index in [4.69, 9.17) is 10.8 Å². The Balaban J connectivity index is 3.12. The number of carboxylic acids is 1. The third kappa shape index (κ3) is 2.83. The van der Waals surface area contributed by atoms with E-state index in [1.165, 1.54) is 0 Å². The summed E-state index contributed by atoms with van der Waals surface area (Å²) in [6, 6.07) is 8.71. The van der Waals surface area contributed by atoms with Crippen molar-refractivity contribution in [3.8, 4) is 0 Å². The summed E-state index contributed by atoms with van der Waals surface area (Å²) in [5.74, 6) is -1.14. The van der Waals surface area contributed by atoms with E-state index >= 15 is 0 Å². The molecule has 0 bridgehead atoms. The lowest BCUT2D eigenvalue weighted by molar-refractivity contribution is -0.139. The van der Waals surface area contributed by atoms with Crippen LogP contribution in [0.25, 0.3) is 0 Å². The zero-order valence-corrected chi connectivity index (χ0v) is 9.97. The first-order valence-corrected chi connectivity index (χ1v) is 5.37. The monoisotopic (exact) mass is 221 g/mol. The zero-order chi connectivity index (χ0) is 12.3. The van der Waals surface area contributed by atoms with Crippen LogP contribution in [0.1, 0.15) is 32.3 Å². The summed E-state index contributed by atoms with van der Waals surface area (Å²) in [7, 11) is 0. The van der Waals surface area contributed by atoms with Crippen molar-refractivity contribution in [2.75, 3.05) is 0 Å². The summed E-state index contributed by atoms with van der Waals surface area (Å²) >= 11 is 0. The molecule has 0 aromatic heterocycles. The molecule has 88 valence electrons. The van der Waals surface area contributed by atoms with Gasteiger partial charge in [0.2, 0.25) is 0 Å². The number of carbonyl (C=O) groups is 1. The second kappa shape index (κ2) is 4.66. The minimum Gasteiger partial charge on any atom is -0.480 e. The van der Waals surface area contributed by atoms with Crippen LogP contribution in [0.4, 0.5) is 0 Å². The molecule has 0 heterocycles. The Labute approximate surface area is 96.3 Å². The number of hydrogen-bond donors (Lipinski definition) is 2. The van der Waals surface area contributed by atoms with E-state index in [2.05, 4.69) is 0 Å². The largest absolute Gasteiger partial charge is 0.480 e. The van der Waals surface area contributed by atoms with Crippen molar-refractivity contribution in [2.24, 2.45) is 11.1 Å². The van der Waals surface area contributed by atoms with Crippen molar-refractivity contribution < 1.29 is 9.90 Å². The molecular formula is C13H19NO2. The molecular weight excluding hydrogens is 202 g/mol. The Hall–Kier alpha value is -1.35. The van der Waals surface area contributed by atoms with Gasteiger partial charge in [0.1, 0.15) is 6.04 Å². The molecule has 0 saturated carbocycles. The van der Waals surface area contributed by atoms with Crippen LogP contribution in [0, 0.1) is 5.41 Å². The van der Waals surface area contributed by atoms with E-state index in [0.717, 1.165) is 5.56 Å². The Morgan fingerprint density at radius 2 is 1.75 bits per heavy atom. The summed E-state index contributed by atoms with van der Waals surface area (Å²) in [6.45, 7) is 6.02. The standard InChI is InChI=1S/C13H19NO2/c1-13(2,3)10(11(14)12(15)16)9-7-5-4-6-8-9/h4-8,10-11H,14H2,1-3H3,(H,15,16)/t10?,11-/m0/s1. The van der Waals surface area contributed by atoms with Crippen LogP contribution in [0.3, 0.4) is 0 Å².